The Morgan fingerprint density at radius 1 is 0.431 bits per heavy atom. The molecule has 2 aliphatic heterocycles. The van der Waals surface area contributed by atoms with Crippen LogP contribution in [0.15, 0.2) is 131 Å². The molecule has 8 bridgehead atoms. The molecule has 0 amide bonds. The Kier molecular flexibility index (Phi) is 9.53. The Balaban J connectivity index is 1.44. The number of thiophene rings is 1. The molecule has 9 rings (SSSR count). The monoisotopic (exact) mass is 892 g/mol. The predicted octanol–water partition coefficient (Wildman–Crippen LogP) is 10.6. The number of aromatic nitrogens is 2. The molecule has 7 aromatic rings. The Hall–Kier alpha value is -5.70. The van der Waals surface area contributed by atoms with Gasteiger partial charge in [0, 0.05) is 0 Å². The van der Waals surface area contributed by atoms with E-state index >= 15 is 0 Å². The van der Waals surface area contributed by atoms with Crippen LogP contribution in [0.4, 0.5) is 8.78 Å². The average Bonchev–Trinajstić information content (AvgIpc) is 4.04. The molecule has 8 nitrogen and oxygen atoms in total. The molecular formula is C44H26F2N2O6S3Se. The first-order valence-electron chi connectivity index (χ1n) is 17.5. The average molecular weight is 892 g/mol. The summed E-state index contributed by atoms with van der Waals surface area (Å²) in [6, 6.07) is 32.0. The van der Waals surface area contributed by atoms with Crippen molar-refractivity contribution in [2.24, 2.45) is 0 Å². The van der Waals surface area contributed by atoms with Crippen LogP contribution >= 0.6 is 11.3 Å². The number of hydrogen-bond donors (Lipinski definition) is 2. The van der Waals surface area contributed by atoms with Crippen molar-refractivity contribution in [3.8, 4) is 44.5 Å². The fourth-order valence-electron chi connectivity index (χ4n) is 6.98. The quantitative estimate of drug-likeness (QED) is 0.124. The minimum absolute atomic E-state index is 0.259. The normalized spacial score (nSPS) is 12.6. The van der Waals surface area contributed by atoms with Crippen LogP contribution in [0.3, 0.4) is 0 Å². The second-order valence-electron chi connectivity index (χ2n) is 13.3. The Morgan fingerprint density at radius 3 is 1.09 bits per heavy atom. The second-order valence-corrected chi connectivity index (χ2v) is 19.5. The molecule has 2 aliphatic rings. The van der Waals surface area contributed by atoms with Crippen molar-refractivity contribution in [2.45, 2.75) is 9.79 Å². The number of rotatable bonds is 6. The van der Waals surface area contributed by atoms with Crippen molar-refractivity contribution in [1.82, 2.24) is 9.97 Å². The number of halogens is 2. The van der Waals surface area contributed by atoms with Crippen LogP contribution in [0.2, 0.25) is 0 Å². The standard InChI is InChI=1S/C44H26F2N2O6S3Se/c45-29-9-1-25(2-10-29)41-33-17-19-35(47-33)43(27-5-13-31(14-6-27)56(49,50)51)39-23-24-40(58-39)44(28-7-15-32(16-8-28)57(52,53)54)36-20-18-34(48-36)42(38-22-21-37(41)55-38)26-3-11-30(46)12-4-26/h1-24H,(H,49,50,51)(H,52,53,54). The summed E-state index contributed by atoms with van der Waals surface area (Å²) in [7, 11) is -8.92. The third-order valence-electron chi connectivity index (χ3n) is 9.65. The van der Waals surface area contributed by atoms with E-state index < -0.39 is 34.7 Å². The summed E-state index contributed by atoms with van der Waals surface area (Å²) in [6.07, 6.45) is 7.54. The zero-order valence-corrected chi connectivity index (χ0v) is 33.8. The van der Waals surface area contributed by atoms with Gasteiger partial charge in [0.2, 0.25) is 0 Å². The van der Waals surface area contributed by atoms with Crippen LogP contribution in [0, 0.1) is 11.6 Å². The van der Waals surface area contributed by atoms with Gasteiger partial charge in [-0.3, -0.25) is 0 Å². The summed E-state index contributed by atoms with van der Waals surface area (Å²) in [5.74, 6) is -0.780. The molecule has 3 aromatic heterocycles. The van der Waals surface area contributed by atoms with Gasteiger partial charge in [0.1, 0.15) is 0 Å². The molecule has 0 spiro atoms. The summed E-state index contributed by atoms with van der Waals surface area (Å²) < 4.78 is 99.4. The first-order chi connectivity index (χ1) is 27.8. The zero-order chi connectivity index (χ0) is 40.3. The fraction of sp³-hybridized carbons (Fsp3) is 0. The van der Waals surface area contributed by atoms with E-state index in [1.165, 1.54) is 59.9 Å². The summed E-state index contributed by atoms with van der Waals surface area (Å²) >= 11 is 1.04. The van der Waals surface area contributed by atoms with Crippen molar-refractivity contribution >= 4 is 88.3 Å². The minimum atomic E-state index is -4.46. The molecule has 4 aromatic carbocycles. The van der Waals surface area contributed by atoms with Gasteiger partial charge in [-0.2, -0.15) is 0 Å². The third kappa shape index (κ3) is 7.20. The Bertz CT molecular complexity index is 3050. The van der Waals surface area contributed by atoms with Gasteiger partial charge in [-0.1, -0.05) is 0 Å². The van der Waals surface area contributed by atoms with E-state index in [1.54, 1.807) is 48.5 Å². The molecule has 0 radical (unpaired) electrons. The van der Waals surface area contributed by atoms with E-state index in [0.717, 1.165) is 51.3 Å². The van der Waals surface area contributed by atoms with E-state index in [1.807, 2.05) is 48.6 Å². The molecule has 0 fully saturated rings. The fourth-order valence-corrected chi connectivity index (χ4v) is 11.5. The molecule has 58 heavy (non-hydrogen) atoms. The van der Waals surface area contributed by atoms with Crippen LogP contribution < -0.4 is 0 Å². The summed E-state index contributed by atoms with van der Waals surface area (Å²) in [6.45, 7) is 0. The van der Waals surface area contributed by atoms with Gasteiger partial charge < -0.3 is 0 Å². The molecular weight excluding hydrogens is 866 g/mol. The van der Waals surface area contributed by atoms with Crippen molar-refractivity contribution < 1.29 is 34.7 Å². The van der Waals surface area contributed by atoms with Crippen molar-refractivity contribution in [2.75, 3.05) is 0 Å². The van der Waals surface area contributed by atoms with Crippen molar-refractivity contribution in [3.63, 3.8) is 0 Å². The van der Waals surface area contributed by atoms with E-state index in [4.69, 9.17) is 9.97 Å². The van der Waals surface area contributed by atoms with Gasteiger partial charge in [-0.25, -0.2) is 0 Å². The van der Waals surface area contributed by atoms with Crippen LogP contribution in [-0.4, -0.2) is 50.4 Å². The molecule has 14 heteroatoms. The van der Waals surface area contributed by atoms with Gasteiger partial charge in [-0.15, -0.1) is 0 Å². The second kappa shape index (κ2) is 14.6. The Morgan fingerprint density at radius 2 is 0.741 bits per heavy atom. The van der Waals surface area contributed by atoms with Crippen LogP contribution in [-0.2, 0) is 20.2 Å². The van der Waals surface area contributed by atoms with Gasteiger partial charge in [-0.05, 0) is 0 Å². The van der Waals surface area contributed by atoms with Crippen molar-refractivity contribution in [1.29, 1.82) is 0 Å². The summed E-state index contributed by atoms with van der Waals surface area (Å²) in [4.78, 5) is 9.84. The number of fused-ring (bicyclic) bond motifs is 8. The Labute approximate surface area is 341 Å². The topological polar surface area (TPSA) is 135 Å². The van der Waals surface area contributed by atoms with Gasteiger partial charge in [0.15, 0.2) is 0 Å². The van der Waals surface area contributed by atoms with Crippen LogP contribution in [0.1, 0.15) is 22.8 Å². The number of nitrogens with zero attached hydrogens (tertiary/aromatic N) is 2. The van der Waals surface area contributed by atoms with E-state index in [0.29, 0.717) is 33.9 Å². The number of benzene rings is 4. The zero-order valence-electron chi connectivity index (χ0n) is 29.7. The summed E-state index contributed by atoms with van der Waals surface area (Å²) in [5, 5.41) is 0. The van der Waals surface area contributed by atoms with Crippen LogP contribution in [0.25, 0.3) is 86.7 Å². The molecule has 0 aliphatic carbocycles. The van der Waals surface area contributed by atoms with Crippen molar-refractivity contribution in [3.05, 3.63) is 156 Å². The maximum absolute atomic E-state index is 14.3. The summed E-state index contributed by atoms with van der Waals surface area (Å²) in [5.41, 5.74) is 8.09. The van der Waals surface area contributed by atoms with E-state index in [9.17, 15) is 34.7 Å². The molecule has 0 atom stereocenters. The number of hydrogen-bond acceptors (Lipinski definition) is 7. The molecule has 2 N–H and O–H groups in total. The van der Waals surface area contributed by atoms with Crippen LogP contribution in [0.5, 0.6) is 0 Å². The van der Waals surface area contributed by atoms with Gasteiger partial charge in [0.25, 0.3) is 0 Å². The first-order valence-corrected chi connectivity index (χ1v) is 22.9. The molecule has 0 unspecified atom stereocenters. The van der Waals surface area contributed by atoms with E-state index in [2.05, 4.69) is 0 Å². The maximum atomic E-state index is 14.3. The molecule has 286 valence electrons. The SMILES string of the molecule is O=S(=O)(O)c1ccc(-c2c3nc(c(-c4ccc(F)cc4)c4ccc(s4)c(-c4ccc(F)cc4)c4nc(c(-c5ccc(S(=O)(=O)O)cc5)c5ccc2[se]5)C=C4)C=C3)cc1. The molecule has 0 saturated heterocycles. The first kappa shape index (κ1) is 37.9. The van der Waals surface area contributed by atoms with Gasteiger partial charge in [0.05, 0.1) is 0 Å². The molecule has 0 saturated carbocycles. The third-order valence-corrected chi connectivity index (χ3v) is 14.9. The van der Waals surface area contributed by atoms with Gasteiger partial charge >= 0.3 is 343 Å². The molecule has 5 heterocycles. The predicted molar refractivity (Wildman–Crippen MR) is 226 cm³/mol. The van der Waals surface area contributed by atoms with E-state index in [-0.39, 0.29) is 21.4 Å².